The number of carbonyl (C=O) groups is 2. The van der Waals surface area contributed by atoms with Gasteiger partial charge in [0.25, 0.3) is 5.91 Å². The number of nitrogens with one attached hydrogen (secondary N) is 2. The Morgan fingerprint density at radius 1 is 1.10 bits per heavy atom. The third-order valence-corrected chi connectivity index (χ3v) is 5.98. The molecule has 0 aliphatic heterocycles. The van der Waals surface area contributed by atoms with Crippen LogP contribution < -0.4 is 15.4 Å². The summed E-state index contributed by atoms with van der Waals surface area (Å²) in [6, 6.07) is 9.75. The van der Waals surface area contributed by atoms with E-state index in [1.165, 1.54) is 18.5 Å². The average molecular weight is 565 g/mol. The van der Waals surface area contributed by atoms with Crippen molar-refractivity contribution >= 4 is 29.2 Å². The van der Waals surface area contributed by atoms with Gasteiger partial charge < -0.3 is 20.5 Å². The fraction of sp³-hybridized carbons (Fsp3) is 0.333. The zero-order valence-corrected chi connectivity index (χ0v) is 21.9. The zero-order chi connectivity index (χ0) is 28.4. The molecule has 1 heterocycles. The predicted octanol–water partition coefficient (Wildman–Crippen LogP) is 6.07. The Hall–Kier alpha value is -3.86. The fourth-order valence-electron chi connectivity index (χ4n) is 3.59. The van der Waals surface area contributed by atoms with Crippen LogP contribution in [-0.4, -0.2) is 46.1 Å². The first-order valence-corrected chi connectivity index (χ1v) is 12.6. The van der Waals surface area contributed by atoms with Gasteiger partial charge in [-0.05, 0) is 48.9 Å². The van der Waals surface area contributed by atoms with Gasteiger partial charge >= 0.3 is 12.1 Å². The number of amides is 1. The van der Waals surface area contributed by atoms with E-state index in [2.05, 4.69) is 27.5 Å². The number of alkyl halides is 3. The van der Waals surface area contributed by atoms with Gasteiger partial charge in [0.1, 0.15) is 6.61 Å². The summed E-state index contributed by atoms with van der Waals surface area (Å²) in [5, 5.41) is 14.5. The van der Waals surface area contributed by atoms with Crippen molar-refractivity contribution in [3.8, 4) is 17.1 Å². The zero-order valence-electron chi connectivity index (χ0n) is 21.1. The van der Waals surface area contributed by atoms with E-state index in [-0.39, 0.29) is 41.3 Å². The number of halogens is 4. The standard InChI is InChI=1S/C27H28ClF3N4O4/c1-2-3-4-20(35-19-8-5-17(6-9-19)26(38)32-12-11-24(36)37)16-39-21-14-33-25(34-15-21)22-10-7-18(13-23(22)28)27(29,30)31/h5-10,13-15,20,35H,2-4,11-12,16H2,1H3,(H,32,38)(H,36,37)/t20-/m0/s1. The molecule has 0 saturated carbocycles. The molecule has 0 radical (unpaired) electrons. The maximum absolute atomic E-state index is 12.9. The van der Waals surface area contributed by atoms with E-state index in [1.54, 1.807) is 24.3 Å². The van der Waals surface area contributed by atoms with Gasteiger partial charge in [0.2, 0.25) is 0 Å². The Bertz CT molecular complexity index is 1260. The topological polar surface area (TPSA) is 113 Å². The largest absolute Gasteiger partial charge is 0.488 e. The van der Waals surface area contributed by atoms with Crippen LogP contribution >= 0.6 is 11.6 Å². The van der Waals surface area contributed by atoms with Gasteiger partial charge in [-0.2, -0.15) is 13.2 Å². The van der Waals surface area contributed by atoms with Gasteiger partial charge in [0, 0.05) is 23.4 Å². The lowest BCUT2D eigenvalue weighted by atomic mass is 10.1. The van der Waals surface area contributed by atoms with Gasteiger partial charge in [-0.3, -0.25) is 9.59 Å². The van der Waals surface area contributed by atoms with Crippen LogP contribution in [0.2, 0.25) is 5.02 Å². The number of aliphatic carboxylic acids is 1. The van der Waals surface area contributed by atoms with Crippen LogP contribution in [0, 0.1) is 0 Å². The molecule has 1 aromatic heterocycles. The van der Waals surface area contributed by atoms with Crippen LogP contribution in [0.25, 0.3) is 11.4 Å². The van der Waals surface area contributed by atoms with Crippen molar-refractivity contribution in [2.24, 2.45) is 0 Å². The molecule has 0 aliphatic rings. The second kappa shape index (κ2) is 13.8. The van der Waals surface area contributed by atoms with Gasteiger partial charge in [-0.25, -0.2) is 9.97 Å². The highest BCUT2D eigenvalue weighted by atomic mass is 35.5. The molecule has 1 atom stereocenters. The number of hydrogen-bond acceptors (Lipinski definition) is 6. The number of carboxylic acid groups (broad SMARTS) is 1. The highest BCUT2D eigenvalue weighted by molar-refractivity contribution is 6.33. The molecule has 12 heteroatoms. The van der Waals surface area contributed by atoms with E-state index in [1.807, 2.05) is 0 Å². The summed E-state index contributed by atoms with van der Waals surface area (Å²) in [6.07, 6.45) is 0.973. The Morgan fingerprint density at radius 3 is 2.38 bits per heavy atom. The number of carbonyl (C=O) groups excluding carboxylic acids is 1. The summed E-state index contributed by atoms with van der Waals surface area (Å²) in [5.74, 6) is -0.775. The first kappa shape index (κ1) is 29.7. The monoisotopic (exact) mass is 564 g/mol. The predicted molar refractivity (Wildman–Crippen MR) is 141 cm³/mol. The third kappa shape index (κ3) is 9.13. The summed E-state index contributed by atoms with van der Waals surface area (Å²) < 4.78 is 44.5. The molecule has 3 aromatic rings. The Labute approximate surface area is 228 Å². The summed E-state index contributed by atoms with van der Waals surface area (Å²) in [5.41, 5.74) is 0.621. The molecule has 39 heavy (non-hydrogen) atoms. The number of anilines is 1. The van der Waals surface area contributed by atoms with Gasteiger partial charge in [-0.15, -0.1) is 0 Å². The number of carboxylic acids is 1. The highest BCUT2D eigenvalue weighted by Gasteiger charge is 2.31. The molecule has 3 N–H and O–H groups in total. The lowest BCUT2D eigenvalue weighted by Crippen LogP contribution is -2.27. The van der Waals surface area contributed by atoms with Crippen molar-refractivity contribution in [2.45, 2.75) is 44.8 Å². The minimum absolute atomic E-state index is 0.0483. The molecule has 0 aliphatic carbocycles. The summed E-state index contributed by atoms with van der Waals surface area (Å²) in [4.78, 5) is 31.1. The van der Waals surface area contributed by atoms with Crippen LogP contribution in [0.15, 0.2) is 54.9 Å². The van der Waals surface area contributed by atoms with Crippen molar-refractivity contribution in [1.29, 1.82) is 0 Å². The van der Waals surface area contributed by atoms with E-state index >= 15 is 0 Å². The minimum Gasteiger partial charge on any atom is -0.488 e. The maximum Gasteiger partial charge on any atom is 0.416 e. The van der Waals surface area contributed by atoms with Crippen molar-refractivity contribution in [1.82, 2.24) is 15.3 Å². The van der Waals surface area contributed by atoms with Crippen LogP contribution in [0.3, 0.4) is 0 Å². The first-order chi connectivity index (χ1) is 18.6. The van der Waals surface area contributed by atoms with Gasteiger partial charge in [-0.1, -0.05) is 31.4 Å². The van der Waals surface area contributed by atoms with Crippen LogP contribution in [0.1, 0.15) is 48.5 Å². The van der Waals surface area contributed by atoms with Gasteiger partial charge in [0.05, 0.1) is 35.4 Å². The van der Waals surface area contributed by atoms with Crippen molar-refractivity contribution in [3.63, 3.8) is 0 Å². The summed E-state index contributed by atoms with van der Waals surface area (Å²) in [6.45, 7) is 2.42. The molecule has 1 amide bonds. The van der Waals surface area contributed by atoms with E-state index in [4.69, 9.17) is 21.4 Å². The molecular formula is C27H28ClF3N4O4. The Morgan fingerprint density at radius 2 is 1.79 bits per heavy atom. The lowest BCUT2D eigenvalue weighted by molar-refractivity contribution is -0.138. The molecular weight excluding hydrogens is 537 g/mol. The molecule has 0 unspecified atom stereocenters. The lowest BCUT2D eigenvalue weighted by Gasteiger charge is -2.20. The normalized spacial score (nSPS) is 12.0. The molecule has 0 spiro atoms. The summed E-state index contributed by atoms with van der Waals surface area (Å²) in [7, 11) is 0. The number of rotatable bonds is 13. The minimum atomic E-state index is -4.50. The number of unbranched alkanes of at least 4 members (excludes halogenated alkanes) is 1. The van der Waals surface area contributed by atoms with Gasteiger partial charge in [0.15, 0.2) is 11.6 Å². The highest BCUT2D eigenvalue weighted by Crippen LogP contribution is 2.34. The molecule has 3 rings (SSSR count). The fourth-order valence-corrected chi connectivity index (χ4v) is 3.85. The number of hydrogen-bond donors (Lipinski definition) is 3. The second-order valence-electron chi connectivity index (χ2n) is 8.71. The second-order valence-corrected chi connectivity index (χ2v) is 9.11. The molecule has 0 bridgehead atoms. The molecule has 208 valence electrons. The van der Waals surface area contributed by atoms with E-state index in [9.17, 15) is 22.8 Å². The number of nitrogens with zero attached hydrogens (tertiary/aromatic N) is 2. The van der Waals surface area contributed by atoms with Crippen molar-refractivity contribution in [2.75, 3.05) is 18.5 Å². The number of benzene rings is 2. The van der Waals surface area contributed by atoms with Crippen molar-refractivity contribution in [3.05, 3.63) is 71.0 Å². The molecule has 0 fully saturated rings. The molecule has 2 aromatic carbocycles. The van der Waals surface area contributed by atoms with Crippen LogP contribution in [0.5, 0.6) is 5.75 Å². The first-order valence-electron chi connectivity index (χ1n) is 12.3. The maximum atomic E-state index is 12.9. The van der Waals surface area contributed by atoms with E-state index in [0.717, 1.165) is 37.1 Å². The summed E-state index contributed by atoms with van der Waals surface area (Å²) >= 11 is 6.04. The SMILES string of the molecule is CCCC[C@@H](COc1cnc(-c2ccc(C(F)(F)F)cc2Cl)nc1)Nc1ccc(C(=O)NCCC(=O)O)cc1. The van der Waals surface area contributed by atoms with Crippen molar-refractivity contribution < 1.29 is 32.6 Å². The van der Waals surface area contributed by atoms with Crippen LogP contribution in [0.4, 0.5) is 18.9 Å². The van der Waals surface area contributed by atoms with Crippen LogP contribution in [-0.2, 0) is 11.0 Å². The third-order valence-electron chi connectivity index (χ3n) is 5.67. The quantitative estimate of drug-likeness (QED) is 0.231. The molecule has 0 saturated heterocycles. The number of aromatic nitrogens is 2. The van der Waals surface area contributed by atoms with E-state index in [0.29, 0.717) is 17.9 Å². The average Bonchev–Trinajstić information content (AvgIpc) is 2.90. The Kier molecular flexibility index (Phi) is 10.5. The smallest absolute Gasteiger partial charge is 0.416 e. The molecule has 8 nitrogen and oxygen atoms in total. The Balaban J connectivity index is 1.59. The number of ether oxygens (including phenoxy) is 1. The van der Waals surface area contributed by atoms with E-state index < -0.39 is 17.7 Å².